The molecule has 1 unspecified atom stereocenters. The second kappa shape index (κ2) is 5.03. The first-order valence-corrected chi connectivity index (χ1v) is 6.69. The van der Waals surface area contributed by atoms with Crippen molar-refractivity contribution in [2.45, 2.75) is 51.0 Å². The van der Waals surface area contributed by atoms with Crippen molar-refractivity contribution in [3.05, 3.63) is 0 Å². The summed E-state index contributed by atoms with van der Waals surface area (Å²) in [5.41, 5.74) is 6.63. The van der Waals surface area contributed by atoms with Gasteiger partial charge in [-0.3, -0.25) is 0 Å². The third-order valence-corrected chi connectivity index (χ3v) is 4.22. The van der Waals surface area contributed by atoms with Crippen LogP contribution in [0.15, 0.2) is 0 Å². The van der Waals surface area contributed by atoms with Crippen LogP contribution in [0.1, 0.15) is 45.4 Å². The molecule has 16 heavy (non-hydrogen) atoms. The van der Waals surface area contributed by atoms with Crippen LogP contribution in [0.2, 0.25) is 0 Å². The van der Waals surface area contributed by atoms with Gasteiger partial charge in [-0.05, 0) is 24.7 Å². The Labute approximate surface area is 99.1 Å². The second-order valence-corrected chi connectivity index (χ2v) is 6.14. The van der Waals surface area contributed by atoms with Crippen molar-refractivity contribution in [3.63, 3.8) is 0 Å². The van der Waals surface area contributed by atoms with Crippen molar-refractivity contribution < 1.29 is 4.74 Å². The van der Waals surface area contributed by atoms with Crippen molar-refractivity contribution in [1.29, 1.82) is 0 Å². The van der Waals surface area contributed by atoms with E-state index >= 15 is 0 Å². The predicted molar refractivity (Wildman–Crippen MR) is 66.4 cm³/mol. The molecule has 0 aromatic carbocycles. The van der Waals surface area contributed by atoms with Crippen molar-refractivity contribution in [2.24, 2.45) is 11.1 Å². The molecule has 0 radical (unpaired) electrons. The lowest BCUT2D eigenvalue weighted by Gasteiger charge is -2.35. The summed E-state index contributed by atoms with van der Waals surface area (Å²) in [7, 11) is 0. The standard InChI is InChI=1S/C13H26N2O/c1-12(5-3-2-4-6-12)9-15-10-13(14)7-8-16-11-13/h15H,2-11,14H2,1H3. The molecule has 0 aromatic rings. The smallest absolute Gasteiger partial charge is 0.0659 e. The van der Waals surface area contributed by atoms with E-state index in [-0.39, 0.29) is 5.54 Å². The van der Waals surface area contributed by atoms with Gasteiger partial charge in [-0.25, -0.2) is 0 Å². The quantitative estimate of drug-likeness (QED) is 0.766. The number of ether oxygens (including phenoxy) is 1. The Kier molecular flexibility index (Phi) is 3.88. The lowest BCUT2D eigenvalue weighted by molar-refractivity contribution is 0.170. The van der Waals surface area contributed by atoms with Gasteiger partial charge >= 0.3 is 0 Å². The van der Waals surface area contributed by atoms with Gasteiger partial charge in [0.2, 0.25) is 0 Å². The summed E-state index contributed by atoms with van der Waals surface area (Å²) in [4.78, 5) is 0. The fourth-order valence-corrected chi connectivity index (χ4v) is 2.96. The fraction of sp³-hybridized carbons (Fsp3) is 1.00. The van der Waals surface area contributed by atoms with Crippen molar-refractivity contribution in [3.8, 4) is 0 Å². The second-order valence-electron chi connectivity index (χ2n) is 6.14. The van der Waals surface area contributed by atoms with E-state index in [0.717, 1.165) is 32.7 Å². The normalized spacial score (nSPS) is 34.1. The summed E-state index contributed by atoms with van der Waals surface area (Å²) in [5.74, 6) is 0. The van der Waals surface area contributed by atoms with Crippen LogP contribution < -0.4 is 11.1 Å². The minimum Gasteiger partial charge on any atom is -0.379 e. The van der Waals surface area contributed by atoms with Crippen LogP contribution in [-0.2, 0) is 4.74 Å². The zero-order valence-corrected chi connectivity index (χ0v) is 10.6. The topological polar surface area (TPSA) is 47.3 Å². The molecule has 3 heteroatoms. The van der Waals surface area contributed by atoms with E-state index in [1.807, 2.05) is 0 Å². The SMILES string of the molecule is CC1(CNCC2(N)CCOC2)CCCCC1. The summed E-state index contributed by atoms with van der Waals surface area (Å²) in [6.07, 6.45) is 7.95. The molecule has 0 aromatic heterocycles. The highest BCUT2D eigenvalue weighted by molar-refractivity contribution is 4.91. The Morgan fingerprint density at radius 3 is 2.50 bits per heavy atom. The summed E-state index contributed by atoms with van der Waals surface area (Å²) in [6, 6.07) is 0. The summed E-state index contributed by atoms with van der Waals surface area (Å²) in [6.45, 7) is 5.98. The molecular formula is C13H26N2O. The van der Waals surface area contributed by atoms with Crippen LogP contribution >= 0.6 is 0 Å². The highest BCUT2D eigenvalue weighted by atomic mass is 16.5. The molecule has 3 N–H and O–H groups in total. The third kappa shape index (κ3) is 3.19. The van der Waals surface area contributed by atoms with Gasteiger partial charge < -0.3 is 15.8 Å². The Bertz CT molecular complexity index is 218. The van der Waals surface area contributed by atoms with E-state index < -0.39 is 0 Å². The van der Waals surface area contributed by atoms with Gasteiger partial charge in [-0.2, -0.15) is 0 Å². The lowest BCUT2D eigenvalue weighted by Crippen LogP contribution is -2.51. The molecule has 1 aliphatic heterocycles. The fourth-order valence-electron chi connectivity index (χ4n) is 2.96. The molecule has 1 saturated carbocycles. The number of hydrogen-bond acceptors (Lipinski definition) is 3. The van der Waals surface area contributed by atoms with E-state index in [9.17, 15) is 0 Å². The minimum absolute atomic E-state index is 0.106. The van der Waals surface area contributed by atoms with Gasteiger partial charge in [-0.15, -0.1) is 0 Å². The van der Waals surface area contributed by atoms with Gasteiger partial charge in [0.1, 0.15) is 0 Å². The van der Waals surface area contributed by atoms with Crippen LogP contribution in [0.4, 0.5) is 0 Å². The Hall–Kier alpha value is -0.120. The maximum absolute atomic E-state index is 6.23. The maximum Gasteiger partial charge on any atom is 0.0659 e. The van der Waals surface area contributed by atoms with Crippen molar-refractivity contribution in [2.75, 3.05) is 26.3 Å². The predicted octanol–water partition coefficient (Wildman–Crippen LogP) is 1.66. The average Bonchev–Trinajstić information content (AvgIpc) is 2.66. The zero-order chi connectivity index (χ0) is 11.5. The number of nitrogens with two attached hydrogens (primary N) is 1. The Morgan fingerprint density at radius 1 is 1.12 bits per heavy atom. The molecule has 1 atom stereocenters. The van der Waals surface area contributed by atoms with E-state index in [0.29, 0.717) is 5.41 Å². The van der Waals surface area contributed by atoms with E-state index in [1.54, 1.807) is 0 Å². The summed E-state index contributed by atoms with van der Waals surface area (Å²) >= 11 is 0. The first-order valence-electron chi connectivity index (χ1n) is 6.69. The van der Waals surface area contributed by atoms with E-state index in [2.05, 4.69) is 12.2 Å². The monoisotopic (exact) mass is 226 g/mol. The molecule has 0 amide bonds. The van der Waals surface area contributed by atoms with Gasteiger partial charge in [0.05, 0.1) is 12.1 Å². The Morgan fingerprint density at radius 2 is 1.88 bits per heavy atom. The molecule has 0 bridgehead atoms. The lowest BCUT2D eigenvalue weighted by atomic mass is 9.75. The maximum atomic E-state index is 6.23. The van der Waals surface area contributed by atoms with Gasteiger partial charge in [0.25, 0.3) is 0 Å². The van der Waals surface area contributed by atoms with Crippen molar-refractivity contribution in [1.82, 2.24) is 5.32 Å². The minimum atomic E-state index is -0.106. The van der Waals surface area contributed by atoms with Gasteiger partial charge in [0.15, 0.2) is 0 Å². The largest absolute Gasteiger partial charge is 0.379 e. The van der Waals surface area contributed by atoms with Gasteiger partial charge in [-0.1, -0.05) is 26.2 Å². The first-order chi connectivity index (χ1) is 7.62. The molecular weight excluding hydrogens is 200 g/mol. The molecule has 94 valence electrons. The van der Waals surface area contributed by atoms with Crippen molar-refractivity contribution >= 4 is 0 Å². The average molecular weight is 226 g/mol. The van der Waals surface area contributed by atoms with E-state index in [4.69, 9.17) is 10.5 Å². The van der Waals surface area contributed by atoms with Crippen LogP contribution in [0.5, 0.6) is 0 Å². The Balaban J connectivity index is 1.70. The molecule has 3 nitrogen and oxygen atoms in total. The molecule has 2 fully saturated rings. The number of rotatable bonds is 4. The van der Waals surface area contributed by atoms with Crippen LogP contribution in [0.25, 0.3) is 0 Å². The number of hydrogen-bond donors (Lipinski definition) is 2. The van der Waals surface area contributed by atoms with Crippen LogP contribution in [0, 0.1) is 5.41 Å². The highest BCUT2D eigenvalue weighted by Gasteiger charge is 2.32. The summed E-state index contributed by atoms with van der Waals surface area (Å²) in [5, 5.41) is 3.57. The first kappa shape index (κ1) is 12.3. The molecule has 2 aliphatic rings. The summed E-state index contributed by atoms with van der Waals surface area (Å²) < 4.78 is 5.36. The van der Waals surface area contributed by atoms with E-state index in [1.165, 1.54) is 32.1 Å². The highest BCUT2D eigenvalue weighted by Crippen LogP contribution is 2.35. The molecule has 0 spiro atoms. The third-order valence-electron chi connectivity index (χ3n) is 4.22. The molecule has 1 aliphatic carbocycles. The van der Waals surface area contributed by atoms with Gasteiger partial charge in [0, 0.05) is 19.7 Å². The van der Waals surface area contributed by atoms with Crippen LogP contribution in [0.3, 0.4) is 0 Å². The molecule has 1 saturated heterocycles. The molecule has 1 heterocycles. The number of nitrogens with one attached hydrogen (secondary N) is 1. The van der Waals surface area contributed by atoms with Crippen LogP contribution in [-0.4, -0.2) is 31.8 Å². The molecule has 2 rings (SSSR count). The zero-order valence-electron chi connectivity index (χ0n) is 10.6.